The highest BCUT2D eigenvalue weighted by Crippen LogP contribution is 2.14. The fraction of sp³-hybridized carbons (Fsp3) is 0.800. The van der Waals surface area contributed by atoms with Gasteiger partial charge in [-0.05, 0) is 27.7 Å². The van der Waals surface area contributed by atoms with Gasteiger partial charge in [-0.1, -0.05) is 0 Å². The highest BCUT2D eigenvalue weighted by Gasteiger charge is 2.26. The molecule has 88 valence electrons. The molecule has 0 rings (SSSR count). The molecule has 0 aromatic heterocycles. The fourth-order valence-electron chi connectivity index (χ4n) is 0.976. The van der Waals surface area contributed by atoms with Crippen LogP contribution in [0.5, 0.6) is 0 Å². The van der Waals surface area contributed by atoms with E-state index >= 15 is 0 Å². The van der Waals surface area contributed by atoms with Crippen molar-refractivity contribution in [3.63, 3.8) is 0 Å². The van der Waals surface area contributed by atoms with Crippen LogP contribution in [0.1, 0.15) is 27.7 Å². The third-order valence-corrected chi connectivity index (χ3v) is 2.62. The third kappa shape index (κ3) is 4.29. The van der Waals surface area contributed by atoms with Crippen LogP contribution in [0.15, 0.2) is 0 Å². The second-order valence-electron chi connectivity index (χ2n) is 3.80. The number of carbonyl (C=O) groups is 2. The van der Waals surface area contributed by atoms with Crippen molar-refractivity contribution in [3.05, 3.63) is 0 Å². The van der Waals surface area contributed by atoms with Gasteiger partial charge in [0.15, 0.2) is 0 Å². The lowest BCUT2D eigenvalue weighted by molar-refractivity contribution is -0.153. The van der Waals surface area contributed by atoms with Crippen molar-refractivity contribution in [2.75, 3.05) is 0 Å². The van der Waals surface area contributed by atoms with Crippen LogP contribution in [0.3, 0.4) is 0 Å². The summed E-state index contributed by atoms with van der Waals surface area (Å²) in [6, 6.07) is 0. The average Bonchev–Trinajstić information content (AvgIpc) is 2.14. The Morgan fingerprint density at radius 3 is 1.33 bits per heavy atom. The fourth-order valence-corrected chi connectivity index (χ4v) is 0.976. The topological polar surface area (TPSA) is 83.8 Å². The SMILES string of the molecule is CC(OC(C)C(C)C(=O)O)C(C)C(=O)O. The van der Waals surface area contributed by atoms with E-state index in [1.54, 1.807) is 13.8 Å². The number of rotatable bonds is 6. The summed E-state index contributed by atoms with van der Waals surface area (Å²) in [7, 11) is 0. The Kier molecular flexibility index (Phi) is 5.28. The van der Waals surface area contributed by atoms with Gasteiger partial charge in [-0.25, -0.2) is 0 Å². The van der Waals surface area contributed by atoms with Gasteiger partial charge in [0.1, 0.15) is 0 Å². The van der Waals surface area contributed by atoms with Crippen molar-refractivity contribution >= 4 is 11.9 Å². The van der Waals surface area contributed by atoms with Gasteiger partial charge in [0, 0.05) is 0 Å². The Labute approximate surface area is 89.0 Å². The minimum Gasteiger partial charge on any atom is -0.481 e. The zero-order valence-corrected chi connectivity index (χ0v) is 9.43. The van der Waals surface area contributed by atoms with Crippen LogP contribution in [-0.2, 0) is 14.3 Å². The van der Waals surface area contributed by atoms with Crippen LogP contribution >= 0.6 is 0 Å². The smallest absolute Gasteiger partial charge is 0.308 e. The summed E-state index contributed by atoms with van der Waals surface area (Å²) in [5.74, 6) is -3.18. The molecule has 0 aliphatic rings. The quantitative estimate of drug-likeness (QED) is 0.700. The maximum Gasteiger partial charge on any atom is 0.308 e. The Balaban J connectivity index is 4.23. The predicted octanol–water partition coefficient (Wildman–Crippen LogP) is 1.22. The number of ether oxygens (including phenoxy) is 1. The molecule has 0 spiro atoms. The first-order valence-corrected chi connectivity index (χ1v) is 4.88. The van der Waals surface area contributed by atoms with E-state index in [9.17, 15) is 9.59 Å². The van der Waals surface area contributed by atoms with Gasteiger partial charge in [0.05, 0.1) is 24.0 Å². The average molecular weight is 218 g/mol. The predicted molar refractivity (Wildman–Crippen MR) is 53.6 cm³/mol. The van der Waals surface area contributed by atoms with Crippen LogP contribution < -0.4 is 0 Å². The lowest BCUT2D eigenvalue weighted by Gasteiger charge is -2.24. The second kappa shape index (κ2) is 5.70. The minimum atomic E-state index is -0.947. The number of hydrogen-bond acceptors (Lipinski definition) is 3. The summed E-state index contributed by atoms with van der Waals surface area (Å²) in [6.07, 6.45) is -1.00. The Hall–Kier alpha value is -1.10. The molecule has 0 amide bonds. The summed E-state index contributed by atoms with van der Waals surface area (Å²) in [6.45, 7) is 6.32. The van der Waals surface area contributed by atoms with E-state index in [1.807, 2.05) is 0 Å². The molecule has 0 heterocycles. The van der Waals surface area contributed by atoms with E-state index in [0.717, 1.165) is 0 Å². The van der Waals surface area contributed by atoms with E-state index in [1.165, 1.54) is 13.8 Å². The van der Waals surface area contributed by atoms with E-state index < -0.39 is 36.0 Å². The molecule has 5 heteroatoms. The van der Waals surface area contributed by atoms with Crippen LogP contribution in [0.2, 0.25) is 0 Å². The van der Waals surface area contributed by atoms with Crippen molar-refractivity contribution in [1.29, 1.82) is 0 Å². The number of carboxylic acid groups (broad SMARTS) is 2. The molecular weight excluding hydrogens is 200 g/mol. The highest BCUT2D eigenvalue weighted by molar-refractivity contribution is 5.70. The molecule has 0 saturated carbocycles. The van der Waals surface area contributed by atoms with Crippen LogP contribution in [0, 0.1) is 11.8 Å². The molecule has 5 nitrogen and oxygen atoms in total. The molecule has 0 radical (unpaired) electrons. The first-order chi connectivity index (χ1) is 6.77. The van der Waals surface area contributed by atoms with Gasteiger partial charge in [-0.2, -0.15) is 0 Å². The molecule has 4 atom stereocenters. The van der Waals surface area contributed by atoms with Crippen molar-refractivity contribution in [1.82, 2.24) is 0 Å². The molecule has 15 heavy (non-hydrogen) atoms. The molecule has 0 bridgehead atoms. The molecule has 0 aromatic rings. The lowest BCUT2D eigenvalue weighted by atomic mass is 10.0. The standard InChI is InChI=1S/C10H18O5/c1-5(9(11)12)7(3)15-8(4)6(2)10(13)14/h5-8H,1-4H3,(H,11,12)(H,13,14). The largest absolute Gasteiger partial charge is 0.481 e. The van der Waals surface area contributed by atoms with E-state index in [-0.39, 0.29) is 0 Å². The summed E-state index contributed by atoms with van der Waals surface area (Å²) in [5, 5.41) is 17.4. The number of carboxylic acids is 2. The zero-order chi connectivity index (χ0) is 12.2. The van der Waals surface area contributed by atoms with Crippen molar-refractivity contribution in [2.45, 2.75) is 39.9 Å². The number of aliphatic carboxylic acids is 2. The Bertz CT molecular complexity index is 214. The van der Waals surface area contributed by atoms with Gasteiger partial charge in [-0.3, -0.25) is 9.59 Å². The summed E-state index contributed by atoms with van der Waals surface area (Å²) < 4.78 is 5.33. The van der Waals surface area contributed by atoms with Crippen molar-refractivity contribution in [2.24, 2.45) is 11.8 Å². The Morgan fingerprint density at radius 1 is 0.867 bits per heavy atom. The maximum absolute atomic E-state index is 10.6. The molecule has 0 fully saturated rings. The summed E-state index contributed by atoms with van der Waals surface area (Å²) in [5.41, 5.74) is 0. The second-order valence-corrected chi connectivity index (χ2v) is 3.80. The minimum absolute atomic E-state index is 0.501. The number of hydrogen-bond donors (Lipinski definition) is 2. The molecule has 0 aromatic carbocycles. The normalized spacial score (nSPS) is 18.9. The van der Waals surface area contributed by atoms with E-state index in [4.69, 9.17) is 14.9 Å². The van der Waals surface area contributed by atoms with Crippen molar-refractivity contribution < 1.29 is 24.5 Å². The van der Waals surface area contributed by atoms with Crippen LogP contribution in [-0.4, -0.2) is 34.4 Å². The Morgan fingerprint density at radius 2 is 1.13 bits per heavy atom. The third-order valence-electron chi connectivity index (χ3n) is 2.62. The van der Waals surface area contributed by atoms with Gasteiger partial charge in [-0.15, -0.1) is 0 Å². The van der Waals surface area contributed by atoms with Gasteiger partial charge in [0.25, 0.3) is 0 Å². The highest BCUT2D eigenvalue weighted by atomic mass is 16.5. The zero-order valence-electron chi connectivity index (χ0n) is 9.43. The first kappa shape index (κ1) is 13.9. The van der Waals surface area contributed by atoms with Gasteiger partial charge in [0.2, 0.25) is 0 Å². The summed E-state index contributed by atoms with van der Waals surface area (Å²) >= 11 is 0. The monoisotopic (exact) mass is 218 g/mol. The van der Waals surface area contributed by atoms with E-state index in [0.29, 0.717) is 0 Å². The van der Waals surface area contributed by atoms with Crippen LogP contribution in [0.25, 0.3) is 0 Å². The van der Waals surface area contributed by atoms with Gasteiger partial charge >= 0.3 is 11.9 Å². The molecule has 0 aliphatic heterocycles. The maximum atomic E-state index is 10.6. The molecular formula is C10H18O5. The molecule has 4 unspecified atom stereocenters. The van der Waals surface area contributed by atoms with Crippen LogP contribution in [0.4, 0.5) is 0 Å². The molecule has 0 saturated heterocycles. The summed E-state index contributed by atoms with van der Waals surface area (Å²) in [4.78, 5) is 21.3. The first-order valence-electron chi connectivity index (χ1n) is 4.88. The van der Waals surface area contributed by atoms with Crippen molar-refractivity contribution in [3.8, 4) is 0 Å². The van der Waals surface area contributed by atoms with E-state index in [2.05, 4.69) is 0 Å². The molecule has 0 aliphatic carbocycles. The lowest BCUT2D eigenvalue weighted by Crippen LogP contribution is -2.33. The molecule has 2 N–H and O–H groups in total. The van der Waals surface area contributed by atoms with Gasteiger partial charge < -0.3 is 14.9 Å².